The number of hydrogen-bond acceptors (Lipinski definition) is 6. The van der Waals surface area contributed by atoms with Gasteiger partial charge in [-0.1, -0.05) is 27.2 Å². The number of pyridine rings is 1. The molecule has 38 heavy (non-hydrogen) atoms. The van der Waals surface area contributed by atoms with E-state index in [1.54, 1.807) is 13.3 Å². The third-order valence-electron chi connectivity index (χ3n) is 6.60. The lowest BCUT2D eigenvalue weighted by molar-refractivity contribution is 0.181. The van der Waals surface area contributed by atoms with Crippen molar-refractivity contribution in [3.63, 3.8) is 0 Å². The molecule has 1 saturated heterocycles. The summed E-state index contributed by atoms with van der Waals surface area (Å²) in [6, 6.07) is 12.7. The topological polar surface area (TPSA) is 85.0 Å². The highest BCUT2D eigenvalue weighted by atomic mass is 16.5. The highest BCUT2D eigenvalue weighted by molar-refractivity contribution is 5.89. The van der Waals surface area contributed by atoms with Crippen molar-refractivity contribution in [2.24, 2.45) is 5.41 Å². The van der Waals surface area contributed by atoms with Gasteiger partial charge in [-0.25, -0.2) is 4.79 Å². The second-order valence-electron chi connectivity index (χ2n) is 10.9. The summed E-state index contributed by atoms with van der Waals surface area (Å²) in [4.78, 5) is 19.1. The number of aromatic nitrogens is 1. The molecular formula is C30H40N4O4. The fraction of sp³-hybridized carbons (Fsp3) is 0.467. The predicted molar refractivity (Wildman–Crippen MR) is 152 cm³/mol. The Morgan fingerprint density at radius 3 is 2.47 bits per heavy atom. The van der Waals surface area contributed by atoms with Crippen LogP contribution in [0, 0.1) is 5.41 Å². The number of benzene rings is 2. The number of fused-ring (bicyclic) bond motifs is 1. The highest BCUT2D eigenvalue weighted by Crippen LogP contribution is 2.37. The average Bonchev–Trinajstić information content (AvgIpc) is 2.89. The van der Waals surface area contributed by atoms with E-state index < -0.39 is 0 Å². The van der Waals surface area contributed by atoms with E-state index in [1.165, 1.54) is 19.3 Å². The van der Waals surface area contributed by atoms with Crippen LogP contribution < -0.4 is 24.8 Å². The van der Waals surface area contributed by atoms with Crippen LogP contribution in [-0.2, 0) is 0 Å². The molecule has 1 fully saturated rings. The number of carbonyl (C=O) groups excluding carboxylic acids is 1. The Morgan fingerprint density at radius 1 is 1.00 bits per heavy atom. The van der Waals surface area contributed by atoms with Crippen molar-refractivity contribution in [1.82, 2.24) is 15.2 Å². The molecule has 0 radical (unpaired) electrons. The number of nitrogens with zero attached hydrogens (tertiary/aromatic N) is 2. The number of urea groups is 1. The van der Waals surface area contributed by atoms with Gasteiger partial charge in [0.15, 0.2) is 11.5 Å². The van der Waals surface area contributed by atoms with E-state index in [0.717, 1.165) is 37.0 Å². The number of ether oxygens (including phenoxy) is 3. The Hall–Kier alpha value is -3.52. The van der Waals surface area contributed by atoms with Crippen molar-refractivity contribution >= 4 is 22.6 Å². The Labute approximate surface area is 225 Å². The standard InChI is InChI=1S/C30H40N4O4/c1-30(2,3)13-15-32-29(35)33-22-8-10-23(11-9-22)38-26-12-14-31-25-21-28(27(36-4)20-24(25)26)37-19-18-34-16-6-5-7-17-34/h8-12,14,20-21H,5-7,13,15-19H2,1-4H3,(H2,32,33,35). The summed E-state index contributed by atoms with van der Waals surface area (Å²) < 4.78 is 17.9. The number of rotatable bonds is 10. The van der Waals surface area contributed by atoms with Gasteiger partial charge in [0.25, 0.3) is 0 Å². The van der Waals surface area contributed by atoms with E-state index in [9.17, 15) is 4.79 Å². The molecule has 204 valence electrons. The zero-order valence-electron chi connectivity index (χ0n) is 23.0. The summed E-state index contributed by atoms with van der Waals surface area (Å²) in [6.45, 7) is 10.9. The molecule has 1 aromatic heterocycles. The van der Waals surface area contributed by atoms with Crippen LogP contribution in [0.5, 0.6) is 23.0 Å². The van der Waals surface area contributed by atoms with Crippen molar-refractivity contribution in [3.05, 3.63) is 48.7 Å². The summed E-state index contributed by atoms with van der Waals surface area (Å²) in [5.41, 5.74) is 1.63. The minimum Gasteiger partial charge on any atom is -0.493 e. The minimum absolute atomic E-state index is 0.175. The van der Waals surface area contributed by atoms with Crippen LogP contribution in [0.25, 0.3) is 10.9 Å². The first kappa shape index (κ1) is 27.5. The Kier molecular flexibility index (Phi) is 9.29. The van der Waals surface area contributed by atoms with Crippen molar-refractivity contribution in [2.75, 3.05) is 45.2 Å². The fourth-order valence-corrected chi connectivity index (χ4v) is 4.42. The Balaban J connectivity index is 1.38. The lowest BCUT2D eigenvalue weighted by Crippen LogP contribution is -2.33. The first-order valence-corrected chi connectivity index (χ1v) is 13.5. The maximum Gasteiger partial charge on any atom is 0.319 e. The molecule has 2 heterocycles. The van der Waals surface area contributed by atoms with Gasteiger partial charge < -0.3 is 24.8 Å². The quantitative estimate of drug-likeness (QED) is 0.319. The largest absolute Gasteiger partial charge is 0.493 e. The van der Waals surface area contributed by atoms with Crippen LogP contribution in [0.4, 0.5) is 10.5 Å². The van der Waals surface area contributed by atoms with Crippen LogP contribution in [0.3, 0.4) is 0 Å². The third kappa shape index (κ3) is 7.99. The SMILES string of the molecule is COc1cc2c(Oc3ccc(NC(=O)NCCC(C)(C)C)cc3)ccnc2cc1OCCN1CCCCC1. The number of nitrogens with one attached hydrogen (secondary N) is 2. The smallest absolute Gasteiger partial charge is 0.319 e. The number of hydrogen-bond donors (Lipinski definition) is 2. The summed E-state index contributed by atoms with van der Waals surface area (Å²) >= 11 is 0. The molecule has 2 aromatic carbocycles. The molecule has 0 atom stereocenters. The van der Waals surface area contributed by atoms with E-state index in [-0.39, 0.29) is 11.4 Å². The van der Waals surface area contributed by atoms with Gasteiger partial charge >= 0.3 is 6.03 Å². The predicted octanol–water partition coefficient (Wildman–Crippen LogP) is 6.46. The van der Waals surface area contributed by atoms with Crippen LogP contribution >= 0.6 is 0 Å². The second-order valence-corrected chi connectivity index (χ2v) is 10.9. The highest BCUT2D eigenvalue weighted by Gasteiger charge is 2.15. The molecule has 0 saturated carbocycles. The molecular weight excluding hydrogens is 480 g/mol. The van der Waals surface area contributed by atoms with Gasteiger partial charge in [0, 0.05) is 36.4 Å². The number of methoxy groups -OCH3 is 1. The number of piperidine rings is 1. The van der Waals surface area contributed by atoms with Crippen LogP contribution in [-0.4, -0.2) is 55.8 Å². The third-order valence-corrected chi connectivity index (χ3v) is 6.60. The van der Waals surface area contributed by atoms with E-state index >= 15 is 0 Å². The lowest BCUT2D eigenvalue weighted by Gasteiger charge is -2.26. The van der Waals surface area contributed by atoms with Crippen LogP contribution in [0.1, 0.15) is 46.5 Å². The molecule has 8 nitrogen and oxygen atoms in total. The van der Waals surface area contributed by atoms with Crippen LogP contribution in [0.15, 0.2) is 48.7 Å². The molecule has 3 aromatic rings. The molecule has 0 unspecified atom stereocenters. The first-order valence-electron chi connectivity index (χ1n) is 13.5. The summed E-state index contributed by atoms with van der Waals surface area (Å²) in [5, 5.41) is 6.58. The molecule has 4 rings (SSSR count). The zero-order valence-corrected chi connectivity index (χ0v) is 23.0. The van der Waals surface area contributed by atoms with E-state index in [2.05, 4.69) is 41.3 Å². The molecule has 0 bridgehead atoms. The molecule has 1 aliphatic rings. The lowest BCUT2D eigenvalue weighted by atomic mass is 9.92. The van der Waals surface area contributed by atoms with Gasteiger partial charge in [-0.2, -0.15) is 0 Å². The zero-order chi connectivity index (χ0) is 27.0. The molecule has 0 aliphatic carbocycles. The monoisotopic (exact) mass is 520 g/mol. The molecule has 8 heteroatoms. The Bertz CT molecular complexity index is 1200. The minimum atomic E-state index is -0.218. The van der Waals surface area contributed by atoms with E-state index in [1.807, 2.05) is 42.5 Å². The Morgan fingerprint density at radius 2 is 1.76 bits per heavy atom. The van der Waals surface area contributed by atoms with E-state index in [0.29, 0.717) is 41.8 Å². The summed E-state index contributed by atoms with van der Waals surface area (Å²) in [6.07, 6.45) is 6.47. The van der Waals surface area contributed by atoms with Crippen molar-refractivity contribution < 1.29 is 19.0 Å². The van der Waals surface area contributed by atoms with Crippen molar-refractivity contribution in [3.8, 4) is 23.0 Å². The maximum absolute atomic E-state index is 12.2. The average molecular weight is 521 g/mol. The van der Waals surface area contributed by atoms with E-state index in [4.69, 9.17) is 14.2 Å². The summed E-state index contributed by atoms with van der Waals surface area (Å²) in [7, 11) is 1.64. The number of likely N-dealkylation sites (tertiary alicyclic amines) is 1. The summed E-state index contributed by atoms with van der Waals surface area (Å²) in [5.74, 6) is 2.63. The molecule has 2 N–H and O–H groups in total. The number of amides is 2. The fourth-order valence-electron chi connectivity index (χ4n) is 4.42. The number of carbonyl (C=O) groups is 1. The van der Waals surface area contributed by atoms with Crippen molar-refractivity contribution in [1.29, 1.82) is 0 Å². The maximum atomic E-state index is 12.2. The van der Waals surface area contributed by atoms with Gasteiger partial charge in [0.2, 0.25) is 0 Å². The molecule has 1 aliphatic heterocycles. The van der Waals surface area contributed by atoms with Gasteiger partial charge in [-0.3, -0.25) is 9.88 Å². The first-order chi connectivity index (χ1) is 18.3. The van der Waals surface area contributed by atoms with Gasteiger partial charge in [-0.15, -0.1) is 0 Å². The molecule has 0 spiro atoms. The normalized spacial score (nSPS) is 14.2. The second kappa shape index (κ2) is 12.8. The van der Waals surface area contributed by atoms with Gasteiger partial charge in [-0.05, 0) is 74.2 Å². The van der Waals surface area contributed by atoms with Crippen LogP contribution in [0.2, 0.25) is 0 Å². The molecule has 2 amide bonds. The van der Waals surface area contributed by atoms with Gasteiger partial charge in [0.1, 0.15) is 18.1 Å². The van der Waals surface area contributed by atoms with Crippen molar-refractivity contribution in [2.45, 2.75) is 46.5 Å². The number of anilines is 1. The van der Waals surface area contributed by atoms with Gasteiger partial charge in [0.05, 0.1) is 12.6 Å².